The minimum atomic E-state index is -0.777. The minimum Gasteiger partial charge on any atom is -0.286 e. The molecule has 0 fully saturated rings. The van der Waals surface area contributed by atoms with Crippen LogP contribution in [-0.2, 0) is 10.1 Å². The van der Waals surface area contributed by atoms with Gasteiger partial charge in [0.15, 0.2) is 0 Å². The van der Waals surface area contributed by atoms with E-state index in [9.17, 15) is 10.0 Å². The van der Waals surface area contributed by atoms with Crippen LogP contribution in [0, 0.1) is 5.41 Å². The molecule has 1 aromatic carbocycles. The smallest absolute Gasteiger partial charge is 0.250 e. The molecular weight excluding hydrogens is 278 g/mol. The molecule has 1 rings (SSSR count). The summed E-state index contributed by atoms with van der Waals surface area (Å²) >= 11 is 0. The maximum absolute atomic E-state index is 12.8. The van der Waals surface area contributed by atoms with Gasteiger partial charge in [0.1, 0.15) is 54.9 Å². The van der Waals surface area contributed by atoms with Gasteiger partial charge >= 0.3 is 0 Å². The Morgan fingerprint density at radius 1 is 0.957 bits per heavy atom. The molecule has 0 saturated heterocycles. The van der Waals surface area contributed by atoms with E-state index in [1.54, 1.807) is 0 Å². The molecule has 0 aliphatic rings. The fourth-order valence-electron chi connectivity index (χ4n) is 3.22. The SMILES string of the molecule is Bc1c(B)c(B)c(C(B)(B)N(O)C(=O)C(C)(C)CC)c(B)c1B. The van der Waals surface area contributed by atoms with E-state index in [0.717, 1.165) is 21.6 Å². The van der Waals surface area contributed by atoms with Crippen LogP contribution < -0.4 is 27.3 Å². The second-order valence-corrected chi connectivity index (χ2v) is 7.91. The molecule has 0 aliphatic heterocycles. The van der Waals surface area contributed by atoms with E-state index in [4.69, 9.17) is 0 Å². The molecule has 0 atom stereocenters. The summed E-state index contributed by atoms with van der Waals surface area (Å²) in [6, 6.07) is 0. The second-order valence-electron chi connectivity index (χ2n) is 7.91. The van der Waals surface area contributed by atoms with Crippen molar-refractivity contribution in [2.45, 2.75) is 32.5 Å². The molecule has 0 heterocycles. The van der Waals surface area contributed by atoms with E-state index in [1.807, 2.05) is 36.5 Å². The lowest BCUT2D eigenvalue weighted by molar-refractivity contribution is -0.184. The van der Waals surface area contributed by atoms with Gasteiger partial charge in [-0.3, -0.25) is 10.0 Å². The normalized spacial score (nSPS) is 12.2. The van der Waals surface area contributed by atoms with Crippen molar-refractivity contribution in [1.82, 2.24) is 5.06 Å². The molecule has 1 N–H and O–H groups in total. The molecule has 0 saturated carbocycles. The molecule has 1 aromatic rings. The summed E-state index contributed by atoms with van der Waals surface area (Å²) in [5, 5.41) is 10.9. The fourth-order valence-corrected chi connectivity index (χ4v) is 3.22. The zero-order valence-electron chi connectivity index (χ0n) is 16.5. The number of amides is 1. The molecule has 10 heteroatoms. The lowest BCUT2D eigenvalue weighted by Gasteiger charge is -2.41. The van der Waals surface area contributed by atoms with Gasteiger partial charge < -0.3 is 0 Å². The van der Waals surface area contributed by atoms with E-state index in [1.165, 1.54) is 16.4 Å². The van der Waals surface area contributed by atoms with Gasteiger partial charge in [-0.05, 0) is 6.42 Å². The number of hydrogen-bond donors (Lipinski definition) is 1. The van der Waals surface area contributed by atoms with Gasteiger partial charge in [-0.1, -0.05) is 37.3 Å². The molecule has 0 radical (unpaired) electrons. The van der Waals surface area contributed by atoms with Crippen LogP contribution in [0.25, 0.3) is 0 Å². The molecule has 0 bridgehead atoms. The fraction of sp³-hybridized carbons (Fsp3) is 0.462. The molecule has 3 nitrogen and oxygen atoms in total. The van der Waals surface area contributed by atoms with Crippen molar-refractivity contribution in [3.05, 3.63) is 5.56 Å². The first kappa shape index (κ1) is 20.1. The first-order chi connectivity index (χ1) is 10.3. The summed E-state index contributed by atoms with van der Waals surface area (Å²) < 4.78 is 0. The zero-order valence-corrected chi connectivity index (χ0v) is 16.5. The van der Waals surface area contributed by atoms with Gasteiger partial charge in [0.2, 0.25) is 0 Å². The van der Waals surface area contributed by atoms with Crippen LogP contribution in [0.15, 0.2) is 0 Å². The maximum atomic E-state index is 12.8. The molecule has 116 valence electrons. The summed E-state index contributed by atoms with van der Waals surface area (Å²) in [6.07, 6.45) is 0.683. The highest BCUT2D eigenvalue weighted by molar-refractivity contribution is 6.68. The second kappa shape index (κ2) is 6.54. The van der Waals surface area contributed by atoms with Crippen molar-refractivity contribution < 1.29 is 10.0 Å². The maximum Gasteiger partial charge on any atom is 0.250 e. The van der Waals surface area contributed by atoms with Crippen LogP contribution in [0.5, 0.6) is 0 Å². The Morgan fingerprint density at radius 2 is 1.30 bits per heavy atom. The van der Waals surface area contributed by atoms with Crippen LogP contribution in [-0.4, -0.2) is 71.1 Å². The van der Waals surface area contributed by atoms with Gasteiger partial charge in [0, 0.05) is 10.8 Å². The first-order valence-electron chi connectivity index (χ1n) is 8.41. The average molecular weight is 304 g/mol. The lowest BCUT2D eigenvalue weighted by Crippen LogP contribution is -2.63. The highest BCUT2D eigenvalue weighted by atomic mass is 16.5. The predicted molar refractivity (Wildman–Crippen MR) is 119 cm³/mol. The van der Waals surface area contributed by atoms with Crippen molar-refractivity contribution in [3.8, 4) is 0 Å². The number of hydroxylamine groups is 2. The van der Waals surface area contributed by atoms with E-state index >= 15 is 0 Å². The van der Waals surface area contributed by atoms with E-state index in [2.05, 4.69) is 39.2 Å². The van der Waals surface area contributed by atoms with Crippen molar-refractivity contribution in [2.24, 2.45) is 5.41 Å². The average Bonchev–Trinajstić information content (AvgIpc) is 2.49. The van der Waals surface area contributed by atoms with Gasteiger partial charge in [-0.15, -0.1) is 16.4 Å². The Bertz CT molecular complexity index is 617. The van der Waals surface area contributed by atoms with Gasteiger partial charge in [0.25, 0.3) is 5.91 Å². The minimum absolute atomic E-state index is 0.236. The van der Waals surface area contributed by atoms with E-state index in [-0.39, 0.29) is 5.91 Å². The van der Waals surface area contributed by atoms with Crippen LogP contribution in [0.4, 0.5) is 0 Å². The third-order valence-electron chi connectivity index (χ3n) is 5.80. The molecule has 0 spiro atoms. The summed E-state index contributed by atoms with van der Waals surface area (Å²) in [6.45, 7) is 5.72. The third kappa shape index (κ3) is 3.33. The Morgan fingerprint density at radius 3 is 1.65 bits per heavy atom. The zero-order chi connectivity index (χ0) is 18.3. The molecular formula is C13H26B7NO2. The lowest BCUT2D eigenvalue weighted by atomic mass is 9.49. The molecule has 0 aromatic heterocycles. The van der Waals surface area contributed by atoms with Gasteiger partial charge in [-0.2, -0.15) is 0 Å². The highest BCUT2D eigenvalue weighted by Gasteiger charge is 2.40. The van der Waals surface area contributed by atoms with Gasteiger partial charge in [-0.25, -0.2) is 5.06 Å². The Hall–Kier alpha value is -0.895. The summed E-state index contributed by atoms with van der Waals surface area (Å²) in [5.41, 5.74) is 6.50. The molecule has 0 aliphatic carbocycles. The third-order valence-corrected chi connectivity index (χ3v) is 5.80. The Balaban J connectivity index is 3.54. The molecule has 1 amide bonds. The number of benzene rings is 1. The molecule has 0 unspecified atom stereocenters. The van der Waals surface area contributed by atoms with Crippen molar-refractivity contribution >= 4 is 88.1 Å². The van der Waals surface area contributed by atoms with Crippen molar-refractivity contribution in [3.63, 3.8) is 0 Å². The Kier molecular flexibility index (Phi) is 5.73. The number of nitrogens with zero attached hydrogens (tertiary/aromatic N) is 1. The summed E-state index contributed by atoms with van der Waals surface area (Å²) in [5.74, 6) is -0.236. The first-order valence-corrected chi connectivity index (χ1v) is 8.41. The standard InChI is InChI=1S/C13H26B7NO2/c1-4-12(2,3)11(22)21(23)13(19,20)5-6(14)8(16)10(18)9(17)7(5)15/h23H,4,14-20H2,1-3H3. The summed E-state index contributed by atoms with van der Waals surface area (Å²) in [4.78, 5) is 12.8. The Labute approximate surface area is 147 Å². The topological polar surface area (TPSA) is 40.5 Å². The quantitative estimate of drug-likeness (QED) is 0.341. The summed E-state index contributed by atoms with van der Waals surface area (Å²) in [7, 11) is 14.3. The van der Waals surface area contributed by atoms with Crippen LogP contribution in [0.3, 0.4) is 0 Å². The number of carbonyl (C=O) groups excluding carboxylic acids is 1. The van der Waals surface area contributed by atoms with Gasteiger partial charge in [0.05, 0.1) is 0 Å². The van der Waals surface area contributed by atoms with Crippen LogP contribution in [0.2, 0.25) is 0 Å². The largest absolute Gasteiger partial charge is 0.286 e. The molecule has 23 heavy (non-hydrogen) atoms. The number of hydrogen-bond acceptors (Lipinski definition) is 2. The predicted octanol–water partition coefficient (Wildman–Crippen LogP) is -7.99. The monoisotopic (exact) mass is 305 g/mol. The van der Waals surface area contributed by atoms with E-state index in [0.29, 0.717) is 6.42 Å². The van der Waals surface area contributed by atoms with Crippen molar-refractivity contribution in [2.75, 3.05) is 0 Å². The van der Waals surface area contributed by atoms with Crippen LogP contribution >= 0.6 is 0 Å². The highest BCUT2D eigenvalue weighted by Crippen LogP contribution is 2.27. The van der Waals surface area contributed by atoms with E-state index < -0.39 is 10.8 Å². The number of rotatable bonds is 4. The van der Waals surface area contributed by atoms with Crippen molar-refractivity contribution in [1.29, 1.82) is 0 Å². The van der Waals surface area contributed by atoms with Crippen LogP contribution in [0.1, 0.15) is 32.8 Å². The number of carbonyl (C=O) groups is 1.